The van der Waals surface area contributed by atoms with Crippen LogP contribution in [-0.4, -0.2) is 69.4 Å². The number of hydrogen-bond donors (Lipinski definition) is 5. The van der Waals surface area contributed by atoms with Gasteiger partial charge in [0.1, 0.15) is 6.54 Å². The van der Waals surface area contributed by atoms with E-state index in [4.69, 9.17) is 26.6 Å². The summed E-state index contributed by atoms with van der Waals surface area (Å²) in [7, 11) is 1.26. The van der Waals surface area contributed by atoms with Crippen molar-refractivity contribution >= 4 is 29.8 Å². The predicted molar refractivity (Wildman–Crippen MR) is 66.6 cm³/mol. The Morgan fingerprint density at radius 2 is 1.73 bits per heavy atom. The van der Waals surface area contributed by atoms with Gasteiger partial charge in [-0.2, -0.15) is 0 Å². The molecule has 0 aliphatic heterocycles. The first kappa shape index (κ1) is 19.3. The normalized spacial score (nSPS) is 12.8. The maximum absolute atomic E-state index is 11.5. The molecule has 0 aromatic heterocycles. The Bertz CT molecular complexity index is 492. The van der Waals surface area contributed by atoms with Crippen LogP contribution < -0.4 is 5.73 Å². The molecule has 0 aromatic carbocycles. The molecular formula is C10H15N3O9. The van der Waals surface area contributed by atoms with Crippen molar-refractivity contribution in [1.82, 2.24) is 4.90 Å². The Hall–Kier alpha value is -2.73. The third-order valence-electron chi connectivity index (χ3n) is 2.44. The molecule has 0 rings (SSSR count). The molecule has 124 valence electrons. The van der Waals surface area contributed by atoms with Crippen molar-refractivity contribution in [3.05, 3.63) is 0 Å². The number of nitrogens with zero attached hydrogens (tertiary/aromatic N) is 1. The number of guanidine groups is 1. The molecule has 6 N–H and O–H groups in total. The molecule has 22 heavy (non-hydrogen) atoms. The van der Waals surface area contributed by atoms with Crippen LogP contribution in [0.1, 0.15) is 12.8 Å². The number of aliphatic carboxylic acids is 2. The van der Waals surface area contributed by atoms with Gasteiger partial charge >= 0.3 is 23.9 Å². The Morgan fingerprint density at radius 3 is 2.09 bits per heavy atom. The van der Waals surface area contributed by atoms with E-state index < -0.39 is 54.8 Å². The van der Waals surface area contributed by atoms with E-state index in [1.807, 2.05) is 0 Å². The van der Waals surface area contributed by atoms with Gasteiger partial charge in [0.05, 0.1) is 12.8 Å². The van der Waals surface area contributed by atoms with E-state index in [9.17, 15) is 19.2 Å². The van der Waals surface area contributed by atoms with Crippen LogP contribution in [0, 0.1) is 5.41 Å². The molecule has 0 aromatic rings. The first-order valence-electron chi connectivity index (χ1n) is 5.60. The Balaban J connectivity index is 4.84. The molecule has 0 amide bonds. The highest BCUT2D eigenvalue weighted by molar-refractivity contribution is 5.93. The average Bonchev–Trinajstić information content (AvgIpc) is 2.36. The number of esters is 2. The third kappa shape index (κ3) is 5.72. The number of hydrogen-bond acceptors (Lipinski definition) is 8. The molecule has 0 aliphatic rings. The average molecular weight is 321 g/mol. The van der Waals surface area contributed by atoms with Gasteiger partial charge < -0.3 is 25.6 Å². The molecule has 1 unspecified atom stereocenters. The summed E-state index contributed by atoms with van der Waals surface area (Å²) in [5.74, 6) is -6.65. The van der Waals surface area contributed by atoms with Gasteiger partial charge in [0, 0.05) is 7.05 Å². The summed E-state index contributed by atoms with van der Waals surface area (Å²) >= 11 is 0. The lowest BCUT2D eigenvalue weighted by molar-refractivity contribution is -0.318. The second-order valence-electron chi connectivity index (χ2n) is 4.23. The number of ether oxygens (including phenoxy) is 1. The smallest absolute Gasteiger partial charge is 0.340 e. The van der Waals surface area contributed by atoms with Crippen molar-refractivity contribution in [1.29, 1.82) is 5.41 Å². The Labute approximate surface area is 123 Å². The summed E-state index contributed by atoms with van der Waals surface area (Å²) in [6.45, 7) is -0.569. The van der Waals surface area contributed by atoms with E-state index in [1.165, 1.54) is 7.05 Å². The molecule has 0 saturated heterocycles. The number of nitrogens with two attached hydrogens (primary N) is 1. The minimum Gasteiger partial charge on any atom is -0.481 e. The van der Waals surface area contributed by atoms with E-state index in [0.29, 0.717) is 0 Å². The predicted octanol–water partition coefficient (Wildman–Crippen LogP) is -1.94. The van der Waals surface area contributed by atoms with Crippen LogP contribution in [-0.2, 0) is 28.8 Å². The number of carboxylic acid groups (broad SMARTS) is 2. The van der Waals surface area contributed by atoms with Crippen LogP contribution in [0.4, 0.5) is 0 Å². The first-order chi connectivity index (χ1) is 10.0. The number of likely N-dealkylation sites (N-methyl/N-ethyl adjacent to an activating group) is 1. The molecule has 0 fully saturated rings. The lowest BCUT2D eigenvalue weighted by Gasteiger charge is -2.22. The highest BCUT2D eigenvalue weighted by atomic mass is 17.1. The van der Waals surface area contributed by atoms with Crippen molar-refractivity contribution in [3.8, 4) is 0 Å². The van der Waals surface area contributed by atoms with Crippen molar-refractivity contribution in [3.63, 3.8) is 0 Å². The zero-order chi connectivity index (χ0) is 17.5. The molecule has 1 atom stereocenters. The second-order valence-corrected chi connectivity index (χ2v) is 4.23. The molecule has 0 heterocycles. The van der Waals surface area contributed by atoms with Gasteiger partial charge in [-0.05, 0) is 0 Å². The number of carbonyl (C=O) groups excluding carboxylic acids is 2. The van der Waals surface area contributed by atoms with Crippen LogP contribution >= 0.6 is 0 Å². The lowest BCUT2D eigenvalue weighted by Crippen LogP contribution is -2.46. The Kier molecular flexibility index (Phi) is 6.92. The number of carboxylic acids is 2. The van der Waals surface area contributed by atoms with Crippen molar-refractivity contribution in [2.24, 2.45) is 5.73 Å². The summed E-state index contributed by atoms with van der Waals surface area (Å²) in [6, 6.07) is 0. The fraction of sp³-hybridized carbons (Fsp3) is 0.500. The van der Waals surface area contributed by atoms with E-state index in [-0.39, 0.29) is 0 Å². The van der Waals surface area contributed by atoms with Crippen molar-refractivity contribution in [2.75, 3.05) is 13.6 Å². The fourth-order valence-corrected chi connectivity index (χ4v) is 1.27. The SMILES string of the molecule is CN(CC(=O)OC(=O)CC(CC(=O)O)(OO)C(=O)O)C(=N)N. The first-order valence-corrected chi connectivity index (χ1v) is 5.60. The second kappa shape index (κ2) is 7.90. The third-order valence-corrected chi connectivity index (χ3v) is 2.44. The lowest BCUT2D eigenvalue weighted by atomic mass is 9.96. The van der Waals surface area contributed by atoms with Crippen LogP contribution in [0.15, 0.2) is 0 Å². The summed E-state index contributed by atoms with van der Waals surface area (Å²) in [6.07, 6.45) is -2.46. The topological polar surface area (TPSA) is 201 Å². The maximum atomic E-state index is 11.5. The van der Waals surface area contributed by atoms with Gasteiger partial charge in [-0.3, -0.25) is 20.3 Å². The van der Waals surface area contributed by atoms with Crippen molar-refractivity contribution < 1.29 is 44.3 Å². The van der Waals surface area contributed by atoms with Crippen LogP contribution in [0.5, 0.6) is 0 Å². The van der Waals surface area contributed by atoms with Gasteiger partial charge in [0.25, 0.3) is 0 Å². The van der Waals surface area contributed by atoms with Gasteiger partial charge in [-0.25, -0.2) is 14.5 Å². The van der Waals surface area contributed by atoms with E-state index in [2.05, 4.69) is 9.62 Å². The van der Waals surface area contributed by atoms with Crippen LogP contribution in [0.25, 0.3) is 0 Å². The van der Waals surface area contributed by atoms with Gasteiger partial charge in [-0.1, -0.05) is 0 Å². The molecule has 12 heteroatoms. The van der Waals surface area contributed by atoms with Gasteiger partial charge in [0.2, 0.25) is 5.60 Å². The van der Waals surface area contributed by atoms with Crippen LogP contribution in [0.3, 0.4) is 0 Å². The molecule has 0 radical (unpaired) electrons. The van der Waals surface area contributed by atoms with E-state index in [1.54, 1.807) is 0 Å². The molecule has 12 nitrogen and oxygen atoms in total. The number of nitrogens with one attached hydrogen (secondary N) is 1. The van der Waals surface area contributed by atoms with Crippen LogP contribution in [0.2, 0.25) is 0 Å². The monoisotopic (exact) mass is 321 g/mol. The molecule has 0 aliphatic carbocycles. The molecule has 0 bridgehead atoms. The molecule has 0 spiro atoms. The standard InChI is InChI=1S/C10H15N3O9/c1-13(9(11)12)4-7(17)21-6(16)3-10(22-20,8(18)19)2-5(14)15/h20H,2-4H2,1H3,(H3,11,12)(H,14,15)(H,18,19). The largest absolute Gasteiger partial charge is 0.481 e. The number of rotatable bonds is 8. The van der Waals surface area contributed by atoms with E-state index >= 15 is 0 Å². The summed E-state index contributed by atoms with van der Waals surface area (Å²) in [5.41, 5.74) is 2.27. The van der Waals surface area contributed by atoms with Crippen molar-refractivity contribution in [2.45, 2.75) is 18.4 Å². The quantitative estimate of drug-likeness (QED) is 0.0831. The highest BCUT2D eigenvalue weighted by Crippen LogP contribution is 2.21. The maximum Gasteiger partial charge on any atom is 0.340 e. The minimum atomic E-state index is -2.78. The zero-order valence-electron chi connectivity index (χ0n) is 11.4. The molecule has 0 saturated carbocycles. The van der Waals surface area contributed by atoms with Gasteiger partial charge in [0.15, 0.2) is 5.96 Å². The highest BCUT2D eigenvalue weighted by Gasteiger charge is 2.46. The van der Waals surface area contributed by atoms with E-state index in [0.717, 1.165) is 4.90 Å². The fourth-order valence-electron chi connectivity index (χ4n) is 1.27. The summed E-state index contributed by atoms with van der Waals surface area (Å²) in [4.78, 5) is 48.9. The summed E-state index contributed by atoms with van der Waals surface area (Å²) in [5, 5.41) is 33.1. The zero-order valence-corrected chi connectivity index (χ0v) is 11.4. The Morgan fingerprint density at radius 1 is 1.18 bits per heavy atom. The molecular weight excluding hydrogens is 306 g/mol. The number of carbonyl (C=O) groups is 4. The minimum absolute atomic E-state index is 0.478. The summed E-state index contributed by atoms with van der Waals surface area (Å²) < 4.78 is 4.24. The van der Waals surface area contributed by atoms with Gasteiger partial charge in [-0.15, -0.1) is 0 Å².